The predicted molar refractivity (Wildman–Crippen MR) is 66.6 cm³/mol. The largest absolute Gasteiger partial charge is 0.0848 e. The average molecular weight is 206 g/mol. The second-order valence-electron chi connectivity index (χ2n) is 7.73. The number of fused-ring (bicyclic) bond motifs is 2. The van der Waals surface area contributed by atoms with E-state index in [0.29, 0.717) is 10.8 Å². The second-order valence-corrected chi connectivity index (χ2v) is 7.73. The van der Waals surface area contributed by atoms with E-state index in [1.54, 1.807) is 0 Å². The number of hydrogen-bond acceptors (Lipinski definition) is 0. The lowest BCUT2D eigenvalue weighted by Gasteiger charge is -2.44. The number of hydrogen-bond donors (Lipinski definition) is 0. The molecular formula is C15H26. The normalized spacial score (nSPS) is 40.1. The van der Waals surface area contributed by atoms with Gasteiger partial charge in [-0.3, -0.25) is 0 Å². The van der Waals surface area contributed by atoms with Gasteiger partial charge in [-0.2, -0.15) is 0 Å². The molecule has 2 rings (SSSR count). The van der Waals surface area contributed by atoms with Gasteiger partial charge in [-0.25, -0.2) is 0 Å². The van der Waals surface area contributed by atoms with Crippen LogP contribution in [0.25, 0.3) is 0 Å². The second kappa shape index (κ2) is 3.12. The Morgan fingerprint density at radius 3 is 1.33 bits per heavy atom. The molecule has 4 atom stereocenters. The molecule has 0 heteroatoms. The highest BCUT2D eigenvalue weighted by atomic mass is 14.6. The van der Waals surface area contributed by atoms with E-state index in [1.165, 1.54) is 6.42 Å². The summed E-state index contributed by atoms with van der Waals surface area (Å²) in [5.74, 6) is 3.48. The van der Waals surface area contributed by atoms with E-state index in [0.717, 1.165) is 23.7 Å². The fourth-order valence-corrected chi connectivity index (χ4v) is 4.18. The molecule has 0 aromatic heterocycles. The van der Waals surface area contributed by atoms with Gasteiger partial charge in [0.2, 0.25) is 0 Å². The van der Waals surface area contributed by atoms with Crippen molar-refractivity contribution in [3.8, 4) is 0 Å². The summed E-state index contributed by atoms with van der Waals surface area (Å²) >= 11 is 0. The molecule has 0 amide bonds. The zero-order valence-electron chi connectivity index (χ0n) is 11.2. The smallest absolute Gasteiger partial charge is 0.0191 e. The maximum atomic E-state index is 2.49. The lowest BCUT2D eigenvalue weighted by atomic mass is 9.60. The van der Waals surface area contributed by atoms with Crippen molar-refractivity contribution in [2.24, 2.45) is 34.5 Å². The van der Waals surface area contributed by atoms with E-state index in [2.05, 4.69) is 53.7 Å². The van der Waals surface area contributed by atoms with Crippen LogP contribution in [0.1, 0.15) is 48.0 Å². The molecule has 15 heavy (non-hydrogen) atoms. The average Bonchev–Trinajstić information content (AvgIpc) is 2.56. The summed E-state index contributed by atoms with van der Waals surface area (Å²) in [7, 11) is 0. The third-order valence-electron chi connectivity index (χ3n) is 4.46. The molecule has 0 nitrogen and oxygen atoms in total. The topological polar surface area (TPSA) is 0 Å². The van der Waals surface area contributed by atoms with Gasteiger partial charge < -0.3 is 0 Å². The van der Waals surface area contributed by atoms with Crippen molar-refractivity contribution in [3.63, 3.8) is 0 Å². The molecule has 0 aromatic carbocycles. The van der Waals surface area contributed by atoms with Gasteiger partial charge in [-0.15, -0.1) is 0 Å². The highest BCUT2D eigenvalue weighted by molar-refractivity contribution is 5.17. The maximum Gasteiger partial charge on any atom is -0.0191 e. The molecule has 1 saturated carbocycles. The fraction of sp³-hybridized carbons (Fsp3) is 0.867. The summed E-state index contributed by atoms with van der Waals surface area (Å²) in [5, 5.41) is 0. The van der Waals surface area contributed by atoms with Crippen LogP contribution in [-0.2, 0) is 0 Å². The van der Waals surface area contributed by atoms with Crippen molar-refractivity contribution < 1.29 is 0 Å². The first-order valence-corrected chi connectivity index (χ1v) is 6.39. The molecule has 0 aliphatic heterocycles. The van der Waals surface area contributed by atoms with E-state index >= 15 is 0 Å². The Bertz CT molecular complexity index is 243. The summed E-state index contributed by atoms with van der Waals surface area (Å²) < 4.78 is 0. The highest BCUT2D eigenvalue weighted by Crippen LogP contribution is 2.59. The summed E-state index contributed by atoms with van der Waals surface area (Å²) in [6.45, 7) is 14.5. The van der Waals surface area contributed by atoms with Crippen LogP contribution in [0.3, 0.4) is 0 Å². The van der Waals surface area contributed by atoms with Crippen molar-refractivity contribution in [2.45, 2.75) is 48.0 Å². The Balaban J connectivity index is 2.33. The minimum Gasteiger partial charge on any atom is -0.0848 e. The van der Waals surface area contributed by atoms with Gasteiger partial charge in [-0.1, -0.05) is 53.7 Å². The standard InChI is InChI=1S/C15H26/c1-14(2,3)12-10-7-8-11(9-10)13(12)15(4,5)6/h7-8,10-13H,9H2,1-6H3/t10-,11+,12-,13-/m0/s1. The Morgan fingerprint density at radius 1 is 0.733 bits per heavy atom. The number of allylic oxidation sites excluding steroid dienone is 2. The minimum absolute atomic E-state index is 0.460. The zero-order chi connectivity index (χ0) is 11.4. The van der Waals surface area contributed by atoms with E-state index < -0.39 is 0 Å². The minimum atomic E-state index is 0.460. The maximum absolute atomic E-state index is 2.49. The third kappa shape index (κ3) is 1.77. The first kappa shape index (κ1) is 11.2. The Morgan fingerprint density at radius 2 is 1.07 bits per heavy atom. The third-order valence-corrected chi connectivity index (χ3v) is 4.46. The van der Waals surface area contributed by atoms with Crippen molar-refractivity contribution in [1.29, 1.82) is 0 Å². The SMILES string of the molecule is CC(C)(C)[C@@H]1[C@@H](C(C)(C)C)[C@H]2C=C[C@@H]1C2. The van der Waals surface area contributed by atoms with Crippen LogP contribution >= 0.6 is 0 Å². The van der Waals surface area contributed by atoms with Crippen LogP contribution in [-0.4, -0.2) is 0 Å². The number of rotatable bonds is 0. The molecule has 1 fully saturated rings. The van der Waals surface area contributed by atoms with E-state index in [4.69, 9.17) is 0 Å². The quantitative estimate of drug-likeness (QED) is 0.511. The van der Waals surface area contributed by atoms with E-state index in [9.17, 15) is 0 Å². The highest BCUT2D eigenvalue weighted by Gasteiger charge is 2.52. The summed E-state index contributed by atoms with van der Waals surface area (Å²) in [6, 6.07) is 0. The Labute approximate surface area is 95.1 Å². The lowest BCUT2D eigenvalue weighted by molar-refractivity contribution is 0.0622. The van der Waals surface area contributed by atoms with Gasteiger partial charge in [0.05, 0.1) is 0 Å². The fourth-order valence-electron chi connectivity index (χ4n) is 4.18. The molecule has 0 heterocycles. The van der Waals surface area contributed by atoms with Crippen molar-refractivity contribution in [2.75, 3.05) is 0 Å². The molecule has 0 N–H and O–H groups in total. The van der Waals surface area contributed by atoms with Crippen LogP contribution < -0.4 is 0 Å². The summed E-state index contributed by atoms with van der Waals surface area (Å²) in [4.78, 5) is 0. The van der Waals surface area contributed by atoms with Crippen molar-refractivity contribution in [3.05, 3.63) is 12.2 Å². The van der Waals surface area contributed by atoms with Crippen LogP contribution in [0.2, 0.25) is 0 Å². The molecule has 0 saturated heterocycles. The molecule has 2 aliphatic rings. The van der Waals surface area contributed by atoms with E-state index in [1.807, 2.05) is 0 Å². The zero-order valence-corrected chi connectivity index (χ0v) is 11.2. The lowest BCUT2D eigenvalue weighted by Crippen LogP contribution is -2.38. The van der Waals surface area contributed by atoms with Crippen LogP contribution in [0.15, 0.2) is 12.2 Å². The van der Waals surface area contributed by atoms with Crippen LogP contribution in [0.4, 0.5) is 0 Å². The van der Waals surface area contributed by atoms with Crippen molar-refractivity contribution in [1.82, 2.24) is 0 Å². The van der Waals surface area contributed by atoms with E-state index in [-0.39, 0.29) is 0 Å². The van der Waals surface area contributed by atoms with Gasteiger partial charge in [0.15, 0.2) is 0 Å². The van der Waals surface area contributed by atoms with Crippen molar-refractivity contribution >= 4 is 0 Å². The first-order chi connectivity index (χ1) is 6.71. The van der Waals surface area contributed by atoms with Gasteiger partial charge in [0, 0.05) is 0 Å². The summed E-state index contributed by atoms with van der Waals surface area (Å²) in [5.41, 5.74) is 0.921. The Hall–Kier alpha value is -0.260. The molecule has 2 bridgehead atoms. The molecule has 2 aliphatic carbocycles. The molecule has 0 unspecified atom stereocenters. The van der Waals surface area contributed by atoms with Gasteiger partial charge in [0.25, 0.3) is 0 Å². The predicted octanol–water partition coefficient (Wildman–Crippen LogP) is 4.52. The molecule has 0 spiro atoms. The van der Waals surface area contributed by atoms with Gasteiger partial charge in [0.1, 0.15) is 0 Å². The molecular weight excluding hydrogens is 180 g/mol. The van der Waals surface area contributed by atoms with Crippen LogP contribution in [0, 0.1) is 34.5 Å². The monoisotopic (exact) mass is 206 g/mol. The van der Waals surface area contributed by atoms with Crippen LogP contribution in [0.5, 0.6) is 0 Å². The molecule has 0 radical (unpaired) electrons. The Kier molecular flexibility index (Phi) is 2.34. The first-order valence-electron chi connectivity index (χ1n) is 6.39. The van der Waals surface area contributed by atoms with Gasteiger partial charge in [-0.05, 0) is 40.9 Å². The van der Waals surface area contributed by atoms with Gasteiger partial charge >= 0.3 is 0 Å². The summed E-state index contributed by atoms with van der Waals surface area (Å²) in [6.07, 6.45) is 6.40. The molecule has 86 valence electrons. The molecule has 0 aromatic rings.